The van der Waals surface area contributed by atoms with Crippen molar-refractivity contribution in [2.75, 3.05) is 6.61 Å². The molecule has 0 aliphatic heterocycles. The number of carboxylic acid groups (broad SMARTS) is 1. The first-order valence-corrected chi connectivity index (χ1v) is 3.30. The summed E-state index contributed by atoms with van der Waals surface area (Å²) in [5.74, 6) is -0.955. The molecule has 1 rings (SSSR count). The molecule has 0 radical (unpaired) electrons. The molecule has 0 fully saturated rings. The molecule has 0 bridgehead atoms. The van der Waals surface area contributed by atoms with E-state index in [9.17, 15) is 9.90 Å². The van der Waals surface area contributed by atoms with E-state index in [-0.39, 0.29) is 5.75 Å². The first kappa shape index (κ1) is 8.39. The van der Waals surface area contributed by atoms with Gasteiger partial charge in [0.05, 0.1) is 5.97 Å². The fourth-order valence-electron chi connectivity index (χ4n) is 0.716. The molecule has 0 unspecified atom stereocenters. The predicted octanol–water partition coefficient (Wildman–Crippen LogP) is -0.479. The Morgan fingerprint density at radius 2 is 2.33 bits per heavy atom. The van der Waals surface area contributed by atoms with E-state index in [0.717, 1.165) is 0 Å². The lowest BCUT2D eigenvalue weighted by molar-refractivity contribution is -0.307. The van der Waals surface area contributed by atoms with Gasteiger partial charge in [-0.05, 0) is 12.1 Å². The van der Waals surface area contributed by atoms with Gasteiger partial charge in [-0.1, -0.05) is 6.07 Å². The Hall–Kier alpha value is -1.71. The van der Waals surface area contributed by atoms with Crippen molar-refractivity contribution in [2.24, 2.45) is 0 Å². The molecule has 0 aromatic heterocycles. The fourth-order valence-corrected chi connectivity index (χ4v) is 0.716. The van der Waals surface area contributed by atoms with Crippen molar-refractivity contribution in [1.82, 2.24) is 0 Å². The highest BCUT2D eigenvalue weighted by atomic mass is 16.5. The Bertz CT molecular complexity index is 282. The van der Waals surface area contributed by atoms with Gasteiger partial charge in [0.2, 0.25) is 0 Å². The molecule has 0 atom stereocenters. The maximum atomic E-state index is 9.96. The number of aliphatic carboxylic acids is 1. The summed E-state index contributed by atoms with van der Waals surface area (Å²) in [6.07, 6.45) is 0. The van der Waals surface area contributed by atoms with E-state index in [2.05, 4.69) is 0 Å². The quantitative estimate of drug-likeness (QED) is 0.660. The Kier molecular flexibility index (Phi) is 2.53. The number of aromatic hydroxyl groups is 1. The Morgan fingerprint density at radius 3 is 2.92 bits per heavy atom. The van der Waals surface area contributed by atoms with Crippen LogP contribution in [-0.4, -0.2) is 17.7 Å². The molecule has 64 valence electrons. The molecular formula is C8H7O4-. The zero-order valence-electron chi connectivity index (χ0n) is 6.19. The smallest absolute Gasteiger partial charge is 0.128 e. The number of carbonyl (C=O) groups is 1. The lowest BCUT2D eigenvalue weighted by Crippen LogP contribution is -2.28. The van der Waals surface area contributed by atoms with Crippen LogP contribution < -0.4 is 9.84 Å². The lowest BCUT2D eigenvalue weighted by Gasteiger charge is -2.05. The van der Waals surface area contributed by atoms with Crippen LogP contribution >= 0.6 is 0 Å². The molecule has 0 amide bonds. The van der Waals surface area contributed by atoms with E-state index in [0.29, 0.717) is 5.75 Å². The van der Waals surface area contributed by atoms with E-state index >= 15 is 0 Å². The van der Waals surface area contributed by atoms with Gasteiger partial charge in [-0.25, -0.2) is 0 Å². The maximum absolute atomic E-state index is 9.96. The van der Waals surface area contributed by atoms with Gasteiger partial charge in [0.1, 0.15) is 18.1 Å². The average Bonchev–Trinajstić information content (AvgIpc) is 2.01. The SMILES string of the molecule is O=C([O-])COc1cccc(O)c1. The first-order chi connectivity index (χ1) is 5.68. The van der Waals surface area contributed by atoms with Crippen molar-refractivity contribution in [3.05, 3.63) is 24.3 Å². The van der Waals surface area contributed by atoms with Gasteiger partial charge in [0.15, 0.2) is 0 Å². The van der Waals surface area contributed by atoms with Crippen molar-refractivity contribution in [2.45, 2.75) is 0 Å². The third kappa shape index (κ3) is 2.49. The average molecular weight is 167 g/mol. The predicted molar refractivity (Wildman–Crippen MR) is 38.6 cm³/mol. The highest BCUT2D eigenvalue weighted by molar-refractivity contribution is 5.66. The van der Waals surface area contributed by atoms with Crippen LogP contribution in [-0.2, 0) is 4.79 Å². The summed E-state index contributed by atoms with van der Waals surface area (Å²) in [6.45, 7) is -0.510. The third-order valence-corrected chi connectivity index (χ3v) is 1.17. The first-order valence-electron chi connectivity index (χ1n) is 3.30. The number of benzene rings is 1. The normalized spacial score (nSPS) is 9.33. The largest absolute Gasteiger partial charge is 0.546 e. The zero-order chi connectivity index (χ0) is 8.97. The van der Waals surface area contributed by atoms with Crippen molar-refractivity contribution in [3.63, 3.8) is 0 Å². The van der Waals surface area contributed by atoms with Crippen LogP contribution in [0, 0.1) is 0 Å². The standard InChI is InChI=1S/C8H8O4/c9-6-2-1-3-7(4-6)12-5-8(10)11/h1-4,9H,5H2,(H,10,11)/p-1. The van der Waals surface area contributed by atoms with E-state index in [1.54, 1.807) is 12.1 Å². The van der Waals surface area contributed by atoms with Crippen molar-refractivity contribution >= 4 is 5.97 Å². The summed E-state index contributed by atoms with van der Waals surface area (Å²) in [5, 5.41) is 18.9. The van der Waals surface area contributed by atoms with E-state index < -0.39 is 12.6 Å². The van der Waals surface area contributed by atoms with Gasteiger partial charge in [0.25, 0.3) is 0 Å². The number of ether oxygens (including phenoxy) is 1. The van der Waals surface area contributed by atoms with E-state index in [1.165, 1.54) is 12.1 Å². The summed E-state index contributed by atoms with van der Waals surface area (Å²) >= 11 is 0. The summed E-state index contributed by atoms with van der Waals surface area (Å²) in [7, 11) is 0. The molecule has 0 aliphatic rings. The minimum Gasteiger partial charge on any atom is -0.546 e. The van der Waals surface area contributed by atoms with Crippen LogP contribution in [0.5, 0.6) is 11.5 Å². The Morgan fingerprint density at radius 1 is 1.58 bits per heavy atom. The van der Waals surface area contributed by atoms with Crippen LogP contribution in [0.4, 0.5) is 0 Å². The summed E-state index contributed by atoms with van der Waals surface area (Å²) < 4.78 is 4.73. The second kappa shape index (κ2) is 3.61. The number of phenols is 1. The second-order valence-corrected chi connectivity index (χ2v) is 2.16. The molecule has 0 spiro atoms. The monoisotopic (exact) mass is 167 g/mol. The van der Waals surface area contributed by atoms with Gasteiger partial charge < -0.3 is 19.7 Å². The van der Waals surface area contributed by atoms with Crippen molar-refractivity contribution in [1.29, 1.82) is 0 Å². The van der Waals surface area contributed by atoms with Gasteiger partial charge in [0, 0.05) is 6.07 Å². The van der Waals surface area contributed by atoms with Gasteiger partial charge in [-0.2, -0.15) is 0 Å². The van der Waals surface area contributed by atoms with Crippen LogP contribution in [0.25, 0.3) is 0 Å². The zero-order valence-corrected chi connectivity index (χ0v) is 6.19. The maximum Gasteiger partial charge on any atom is 0.128 e. The molecule has 1 aromatic carbocycles. The number of carboxylic acids is 1. The molecule has 0 saturated carbocycles. The number of hydrogen-bond acceptors (Lipinski definition) is 4. The fraction of sp³-hybridized carbons (Fsp3) is 0.125. The second-order valence-electron chi connectivity index (χ2n) is 2.16. The van der Waals surface area contributed by atoms with Gasteiger partial charge in [-0.3, -0.25) is 0 Å². The molecule has 4 nitrogen and oxygen atoms in total. The molecule has 4 heteroatoms. The van der Waals surface area contributed by atoms with E-state index in [4.69, 9.17) is 9.84 Å². The topological polar surface area (TPSA) is 69.6 Å². The molecule has 1 aromatic rings. The highest BCUT2D eigenvalue weighted by Crippen LogP contribution is 2.17. The molecule has 1 N–H and O–H groups in total. The lowest BCUT2D eigenvalue weighted by atomic mass is 10.3. The molecular weight excluding hydrogens is 160 g/mol. The minimum atomic E-state index is -1.29. The minimum absolute atomic E-state index is 0.0332. The third-order valence-electron chi connectivity index (χ3n) is 1.17. The molecule has 0 saturated heterocycles. The van der Waals surface area contributed by atoms with Crippen LogP contribution in [0.2, 0.25) is 0 Å². The highest BCUT2D eigenvalue weighted by Gasteiger charge is 1.94. The summed E-state index contributed by atoms with van der Waals surface area (Å²) in [4.78, 5) is 9.96. The number of carbonyl (C=O) groups excluding carboxylic acids is 1. The number of hydrogen-bond donors (Lipinski definition) is 1. The van der Waals surface area contributed by atoms with Gasteiger partial charge in [-0.15, -0.1) is 0 Å². The van der Waals surface area contributed by atoms with Crippen LogP contribution in [0.15, 0.2) is 24.3 Å². The number of phenolic OH excluding ortho intramolecular Hbond substituents is 1. The summed E-state index contributed by atoms with van der Waals surface area (Å²) in [6, 6.07) is 5.89. The van der Waals surface area contributed by atoms with Crippen molar-refractivity contribution < 1.29 is 19.7 Å². The van der Waals surface area contributed by atoms with Crippen molar-refractivity contribution in [3.8, 4) is 11.5 Å². The van der Waals surface area contributed by atoms with Crippen LogP contribution in [0.3, 0.4) is 0 Å². The van der Waals surface area contributed by atoms with Gasteiger partial charge >= 0.3 is 0 Å². The molecule has 12 heavy (non-hydrogen) atoms. The number of rotatable bonds is 3. The van der Waals surface area contributed by atoms with E-state index in [1.807, 2.05) is 0 Å². The Balaban J connectivity index is 2.57. The summed E-state index contributed by atoms with van der Waals surface area (Å²) in [5.41, 5.74) is 0. The van der Waals surface area contributed by atoms with Crippen LogP contribution in [0.1, 0.15) is 0 Å². The Labute approximate surface area is 69.0 Å². The molecule has 0 aliphatic carbocycles. The molecule has 0 heterocycles.